The van der Waals surface area contributed by atoms with Crippen molar-refractivity contribution in [1.82, 2.24) is 0 Å². The van der Waals surface area contributed by atoms with Crippen molar-refractivity contribution in [3.05, 3.63) is 53.6 Å². The van der Waals surface area contributed by atoms with E-state index < -0.39 is 11.9 Å². The number of benzene rings is 2. The van der Waals surface area contributed by atoms with Crippen LogP contribution in [-0.2, 0) is 20.1 Å². The van der Waals surface area contributed by atoms with Crippen LogP contribution in [0.25, 0.3) is 0 Å². The average molecular weight is 417 g/mol. The molecule has 29 heavy (non-hydrogen) atoms. The maximum absolute atomic E-state index is 11.9. The summed E-state index contributed by atoms with van der Waals surface area (Å²) in [4.78, 5) is 35.3. The molecule has 7 nitrogen and oxygen atoms in total. The summed E-state index contributed by atoms with van der Waals surface area (Å²) in [5, 5.41) is 2.63. The molecule has 0 atom stereocenters. The summed E-state index contributed by atoms with van der Waals surface area (Å²) >= 11 is 1.31. The fourth-order valence-corrected chi connectivity index (χ4v) is 3.24. The predicted octanol–water partition coefficient (Wildman–Crippen LogP) is 3.32. The maximum Gasteiger partial charge on any atom is 0.316 e. The standard InChI is InChI=1S/C21H23NO6S/c1-14(23)15-7-8-19(27-3)16(9-15)12-29-13-21(25)28-11-20(24)22-17-5-4-6-18(10-17)26-2/h4-10H,11-13H2,1-3H3,(H,22,24). The molecule has 0 unspecified atom stereocenters. The zero-order valence-corrected chi connectivity index (χ0v) is 17.3. The second kappa shape index (κ2) is 11.1. The largest absolute Gasteiger partial charge is 0.497 e. The Balaban J connectivity index is 1.78. The molecule has 1 amide bonds. The van der Waals surface area contributed by atoms with E-state index in [1.54, 1.807) is 49.6 Å². The van der Waals surface area contributed by atoms with Gasteiger partial charge in [0, 0.05) is 28.6 Å². The van der Waals surface area contributed by atoms with E-state index >= 15 is 0 Å². The van der Waals surface area contributed by atoms with E-state index in [1.165, 1.54) is 25.8 Å². The van der Waals surface area contributed by atoms with E-state index in [0.717, 1.165) is 5.56 Å². The molecule has 154 valence electrons. The number of ketones is 1. The lowest BCUT2D eigenvalue weighted by Gasteiger charge is -2.10. The number of esters is 1. The average Bonchev–Trinajstić information content (AvgIpc) is 2.72. The molecule has 0 heterocycles. The van der Waals surface area contributed by atoms with Crippen LogP contribution in [0.3, 0.4) is 0 Å². The molecule has 1 N–H and O–H groups in total. The van der Waals surface area contributed by atoms with Gasteiger partial charge in [-0.05, 0) is 37.3 Å². The number of nitrogens with one attached hydrogen (secondary N) is 1. The molecule has 2 aromatic carbocycles. The fraction of sp³-hybridized carbons (Fsp3) is 0.286. The second-order valence-corrected chi connectivity index (χ2v) is 7.00. The molecule has 0 aromatic heterocycles. The summed E-state index contributed by atoms with van der Waals surface area (Å²) in [5.74, 6) is 0.814. The predicted molar refractivity (Wildman–Crippen MR) is 112 cm³/mol. The molecule has 0 fully saturated rings. The van der Waals surface area contributed by atoms with Crippen molar-refractivity contribution in [1.29, 1.82) is 0 Å². The summed E-state index contributed by atoms with van der Waals surface area (Å²) in [7, 11) is 3.08. The molecule has 0 bridgehead atoms. The topological polar surface area (TPSA) is 90.9 Å². The van der Waals surface area contributed by atoms with Crippen molar-refractivity contribution >= 4 is 35.1 Å². The molecule has 0 aliphatic rings. The molecule has 0 spiro atoms. The van der Waals surface area contributed by atoms with Crippen LogP contribution < -0.4 is 14.8 Å². The third-order valence-electron chi connectivity index (χ3n) is 3.88. The highest BCUT2D eigenvalue weighted by atomic mass is 32.2. The number of methoxy groups -OCH3 is 2. The van der Waals surface area contributed by atoms with Gasteiger partial charge in [0.1, 0.15) is 11.5 Å². The normalized spacial score (nSPS) is 10.2. The first-order valence-electron chi connectivity index (χ1n) is 8.78. The van der Waals surface area contributed by atoms with Gasteiger partial charge in [0.25, 0.3) is 5.91 Å². The highest BCUT2D eigenvalue weighted by Gasteiger charge is 2.11. The quantitative estimate of drug-likeness (QED) is 0.468. The van der Waals surface area contributed by atoms with Crippen LogP contribution in [0, 0.1) is 0 Å². The van der Waals surface area contributed by atoms with Gasteiger partial charge in [0.2, 0.25) is 0 Å². The van der Waals surface area contributed by atoms with Crippen LogP contribution in [0.1, 0.15) is 22.8 Å². The summed E-state index contributed by atoms with van der Waals surface area (Å²) in [6.07, 6.45) is 0. The second-order valence-electron chi connectivity index (χ2n) is 6.02. The van der Waals surface area contributed by atoms with Gasteiger partial charge in [-0.25, -0.2) is 0 Å². The van der Waals surface area contributed by atoms with Crippen molar-refractivity contribution in [2.45, 2.75) is 12.7 Å². The Kier molecular flexibility index (Phi) is 8.54. The van der Waals surface area contributed by atoms with Crippen LogP contribution in [0.4, 0.5) is 5.69 Å². The van der Waals surface area contributed by atoms with Gasteiger partial charge in [0.05, 0.1) is 20.0 Å². The van der Waals surface area contributed by atoms with Crippen LogP contribution in [0.2, 0.25) is 0 Å². The Morgan fingerprint density at radius 3 is 2.52 bits per heavy atom. The van der Waals surface area contributed by atoms with Crippen molar-refractivity contribution in [2.24, 2.45) is 0 Å². The lowest BCUT2D eigenvalue weighted by atomic mass is 10.1. The van der Waals surface area contributed by atoms with Gasteiger partial charge >= 0.3 is 5.97 Å². The minimum absolute atomic E-state index is 0.0413. The van der Waals surface area contributed by atoms with E-state index in [1.807, 2.05) is 0 Å². The smallest absolute Gasteiger partial charge is 0.316 e. The van der Waals surface area contributed by atoms with Crippen LogP contribution in [0.15, 0.2) is 42.5 Å². The van der Waals surface area contributed by atoms with Crippen molar-refractivity contribution in [3.63, 3.8) is 0 Å². The van der Waals surface area contributed by atoms with Gasteiger partial charge in [-0.1, -0.05) is 6.07 Å². The van der Waals surface area contributed by atoms with Gasteiger partial charge in [0.15, 0.2) is 12.4 Å². The Morgan fingerprint density at radius 1 is 1.03 bits per heavy atom. The molecule has 2 aromatic rings. The van der Waals surface area contributed by atoms with Crippen molar-refractivity contribution < 1.29 is 28.6 Å². The number of hydrogen-bond acceptors (Lipinski definition) is 7. The van der Waals surface area contributed by atoms with E-state index in [9.17, 15) is 14.4 Å². The molecule has 0 aliphatic carbocycles. The van der Waals surface area contributed by atoms with E-state index in [4.69, 9.17) is 14.2 Å². The lowest BCUT2D eigenvalue weighted by Crippen LogP contribution is -2.21. The maximum atomic E-state index is 11.9. The van der Waals surface area contributed by atoms with Crippen molar-refractivity contribution in [2.75, 3.05) is 31.9 Å². The van der Waals surface area contributed by atoms with Crippen LogP contribution in [-0.4, -0.2) is 44.2 Å². The first-order valence-corrected chi connectivity index (χ1v) is 9.93. The molecular weight excluding hydrogens is 394 g/mol. The molecule has 0 radical (unpaired) electrons. The molecule has 0 saturated carbocycles. The zero-order chi connectivity index (χ0) is 21.2. The first-order chi connectivity index (χ1) is 13.9. The summed E-state index contributed by atoms with van der Waals surface area (Å²) in [6, 6.07) is 12.1. The van der Waals surface area contributed by atoms with E-state index in [-0.39, 0.29) is 18.1 Å². The zero-order valence-electron chi connectivity index (χ0n) is 16.5. The minimum atomic E-state index is -0.502. The summed E-state index contributed by atoms with van der Waals surface area (Å²) in [5.41, 5.74) is 1.95. The number of Topliss-reactive ketones (excluding diaryl/α,β-unsaturated/α-hetero) is 1. The minimum Gasteiger partial charge on any atom is -0.497 e. The van der Waals surface area contributed by atoms with E-state index in [2.05, 4.69) is 5.32 Å². The van der Waals surface area contributed by atoms with Gasteiger partial charge in [-0.2, -0.15) is 0 Å². The fourth-order valence-electron chi connectivity index (χ4n) is 2.44. The van der Waals surface area contributed by atoms with E-state index in [0.29, 0.717) is 28.5 Å². The molecule has 0 saturated heterocycles. The lowest BCUT2D eigenvalue weighted by molar-refractivity contribution is -0.144. The van der Waals surface area contributed by atoms with Gasteiger partial charge in [-0.15, -0.1) is 11.8 Å². The number of ether oxygens (including phenoxy) is 3. The summed E-state index contributed by atoms with van der Waals surface area (Å²) < 4.78 is 15.4. The number of anilines is 1. The Labute approximate surface area is 173 Å². The Hall–Kier alpha value is -3.00. The third-order valence-corrected chi connectivity index (χ3v) is 4.84. The number of carbonyl (C=O) groups excluding carboxylic acids is 3. The Bertz CT molecular complexity index is 883. The van der Waals surface area contributed by atoms with Crippen LogP contribution in [0.5, 0.6) is 11.5 Å². The number of amides is 1. The van der Waals surface area contributed by atoms with Gasteiger partial charge < -0.3 is 19.5 Å². The first kappa shape index (κ1) is 22.3. The summed E-state index contributed by atoms with van der Waals surface area (Å²) in [6.45, 7) is 1.12. The third kappa shape index (κ3) is 7.15. The molecule has 0 aliphatic heterocycles. The molecule has 2 rings (SSSR count). The van der Waals surface area contributed by atoms with Gasteiger partial charge in [-0.3, -0.25) is 14.4 Å². The number of rotatable bonds is 10. The van der Waals surface area contributed by atoms with Crippen molar-refractivity contribution in [3.8, 4) is 11.5 Å². The monoisotopic (exact) mass is 417 g/mol. The molecule has 8 heteroatoms. The molecular formula is C21H23NO6S. The van der Waals surface area contributed by atoms with Crippen LogP contribution >= 0.6 is 11.8 Å². The highest BCUT2D eigenvalue weighted by Crippen LogP contribution is 2.25. The number of carbonyl (C=O) groups is 3. The number of thioether (sulfide) groups is 1. The Morgan fingerprint density at radius 2 is 1.83 bits per heavy atom. The number of hydrogen-bond donors (Lipinski definition) is 1. The highest BCUT2D eigenvalue weighted by molar-refractivity contribution is 7.99. The SMILES string of the molecule is COc1cccc(NC(=O)COC(=O)CSCc2cc(C(C)=O)ccc2OC)c1.